The van der Waals surface area contributed by atoms with Gasteiger partial charge >= 0.3 is 6.03 Å². The number of amides is 3. The highest BCUT2D eigenvalue weighted by Crippen LogP contribution is 2.38. The van der Waals surface area contributed by atoms with Gasteiger partial charge in [-0.25, -0.2) is 4.79 Å². The third-order valence-corrected chi connectivity index (χ3v) is 5.57. The molecule has 0 spiro atoms. The summed E-state index contributed by atoms with van der Waals surface area (Å²) < 4.78 is 0. The predicted molar refractivity (Wildman–Crippen MR) is 104 cm³/mol. The molecule has 2 unspecified atom stereocenters. The lowest BCUT2D eigenvalue weighted by molar-refractivity contribution is -0.122. The lowest BCUT2D eigenvalue weighted by Crippen LogP contribution is -2.47. The van der Waals surface area contributed by atoms with Gasteiger partial charge in [0.2, 0.25) is 5.91 Å². The molecule has 1 aliphatic heterocycles. The van der Waals surface area contributed by atoms with Crippen LogP contribution in [0.1, 0.15) is 40.0 Å². The van der Waals surface area contributed by atoms with E-state index in [0.717, 1.165) is 18.5 Å². The lowest BCUT2D eigenvalue weighted by Gasteiger charge is -2.39. The van der Waals surface area contributed by atoms with E-state index in [2.05, 4.69) is 26.1 Å². The van der Waals surface area contributed by atoms with Crippen molar-refractivity contribution in [2.45, 2.75) is 46.1 Å². The van der Waals surface area contributed by atoms with Crippen LogP contribution in [-0.2, 0) is 4.79 Å². The molecule has 26 heavy (non-hydrogen) atoms. The van der Waals surface area contributed by atoms with Crippen molar-refractivity contribution in [3.63, 3.8) is 0 Å². The van der Waals surface area contributed by atoms with Crippen LogP contribution >= 0.6 is 11.6 Å². The fraction of sp³-hybridized carbons (Fsp3) is 0.600. The van der Waals surface area contributed by atoms with Gasteiger partial charge in [0.1, 0.15) is 6.54 Å². The van der Waals surface area contributed by atoms with Crippen molar-refractivity contribution in [2.75, 3.05) is 24.5 Å². The van der Waals surface area contributed by atoms with Gasteiger partial charge in [-0.3, -0.25) is 9.69 Å². The standard InChI is InChI=1S/C20H28ClN3O2/c1-14-10-16(12-20(2,3)11-14)22-18(25)13-23-8-9-24(19(23)26)17-6-4-15(21)5-7-17/h4-7,14,16H,8-13H2,1-3H3,(H,22,25). The molecule has 1 aromatic rings. The van der Waals surface area contributed by atoms with Gasteiger partial charge < -0.3 is 10.2 Å². The topological polar surface area (TPSA) is 52.7 Å². The Balaban J connectivity index is 1.55. The zero-order chi connectivity index (χ0) is 18.9. The van der Waals surface area contributed by atoms with Gasteiger partial charge in [-0.1, -0.05) is 32.4 Å². The number of halogens is 1. The van der Waals surface area contributed by atoms with Gasteiger partial charge in [0.15, 0.2) is 0 Å². The Morgan fingerprint density at radius 1 is 1.23 bits per heavy atom. The minimum absolute atomic E-state index is 0.0637. The van der Waals surface area contributed by atoms with Crippen molar-refractivity contribution >= 4 is 29.2 Å². The smallest absolute Gasteiger partial charge is 0.325 e. The van der Waals surface area contributed by atoms with Crippen LogP contribution in [0, 0.1) is 11.3 Å². The SMILES string of the molecule is CC1CC(NC(=O)CN2CCN(c3ccc(Cl)cc3)C2=O)CC(C)(C)C1. The highest BCUT2D eigenvalue weighted by molar-refractivity contribution is 6.30. The second-order valence-corrected chi connectivity index (χ2v) is 8.95. The number of benzene rings is 1. The van der Waals surface area contributed by atoms with E-state index in [1.54, 1.807) is 21.9 Å². The summed E-state index contributed by atoms with van der Waals surface area (Å²) in [4.78, 5) is 28.4. The zero-order valence-electron chi connectivity index (χ0n) is 15.8. The third-order valence-electron chi connectivity index (χ3n) is 5.32. The van der Waals surface area contributed by atoms with Gasteiger partial charge in [0.25, 0.3) is 0 Å². The maximum absolute atomic E-state index is 12.6. The van der Waals surface area contributed by atoms with Crippen LogP contribution < -0.4 is 10.2 Å². The number of carbonyl (C=O) groups excluding carboxylic acids is 2. The molecule has 1 saturated heterocycles. The lowest BCUT2D eigenvalue weighted by atomic mass is 9.70. The minimum Gasteiger partial charge on any atom is -0.352 e. The normalized spacial score (nSPS) is 25.5. The zero-order valence-corrected chi connectivity index (χ0v) is 16.6. The van der Waals surface area contributed by atoms with E-state index in [9.17, 15) is 9.59 Å². The summed E-state index contributed by atoms with van der Waals surface area (Å²) in [7, 11) is 0. The van der Waals surface area contributed by atoms with Crippen LogP contribution in [0.15, 0.2) is 24.3 Å². The number of urea groups is 1. The van der Waals surface area contributed by atoms with Crippen LogP contribution in [0.2, 0.25) is 5.02 Å². The summed E-state index contributed by atoms with van der Waals surface area (Å²) in [6, 6.07) is 7.27. The van der Waals surface area contributed by atoms with Crippen molar-refractivity contribution in [1.82, 2.24) is 10.2 Å². The average molecular weight is 378 g/mol. The summed E-state index contributed by atoms with van der Waals surface area (Å²) in [5.41, 5.74) is 1.06. The van der Waals surface area contributed by atoms with E-state index in [1.165, 1.54) is 6.42 Å². The molecule has 1 saturated carbocycles. The van der Waals surface area contributed by atoms with Crippen molar-refractivity contribution in [3.8, 4) is 0 Å². The summed E-state index contributed by atoms with van der Waals surface area (Å²) in [5, 5.41) is 3.79. The van der Waals surface area contributed by atoms with Gasteiger partial charge in [0, 0.05) is 29.8 Å². The van der Waals surface area contributed by atoms with Crippen molar-refractivity contribution in [1.29, 1.82) is 0 Å². The summed E-state index contributed by atoms with van der Waals surface area (Å²) in [6.45, 7) is 8.02. The molecule has 2 fully saturated rings. The van der Waals surface area contributed by atoms with E-state index < -0.39 is 0 Å². The van der Waals surface area contributed by atoms with E-state index in [4.69, 9.17) is 11.6 Å². The second-order valence-electron chi connectivity index (χ2n) is 8.51. The number of rotatable bonds is 4. The number of carbonyl (C=O) groups is 2. The fourth-order valence-corrected chi connectivity index (χ4v) is 4.62. The Labute approximate surface area is 160 Å². The van der Waals surface area contributed by atoms with Gasteiger partial charge in [-0.05, 0) is 54.9 Å². The minimum atomic E-state index is -0.125. The third kappa shape index (κ3) is 4.50. The molecule has 0 radical (unpaired) electrons. The molecule has 142 valence electrons. The Hall–Kier alpha value is -1.75. The largest absolute Gasteiger partial charge is 0.352 e. The Bertz CT molecular complexity index is 674. The van der Waals surface area contributed by atoms with Gasteiger partial charge in [-0.15, -0.1) is 0 Å². The van der Waals surface area contributed by atoms with Crippen LogP contribution in [-0.4, -0.2) is 42.5 Å². The molecule has 1 N–H and O–H groups in total. The second kappa shape index (κ2) is 7.47. The first-order valence-corrected chi connectivity index (χ1v) is 9.73. The quantitative estimate of drug-likeness (QED) is 0.864. The number of nitrogens with zero attached hydrogens (tertiary/aromatic N) is 2. The van der Waals surface area contributed by atoms with Crippen LogP contribution in [0.25, 0.3) is 0 Å². The first-order valence-electron chi connectivity index (χ1n) is 9.35. The number of hydrogen-bond donors (Lipinski definition) is 1. The monoisotopic (exact) mass is 377 g/mol. The molecule has 1 aliphatic carbocycles. The average Bonchev–Trinajstić information content (AvgIpc) is 2.87. The van der Waals surface area contributed by atoms with Gasteiger partial charge in [0.05, 0.1) is 0 Å². The molecule has 3 rings (SSSR count). The molecule has 3 amide bonds. The van der Waals surface area contributed by atoms with E-state index >= 15 is 0 Å². The molecule has 0 aromatic heterocycles. The molecule has 1 heterocycles. The Kier molecular flexibility index (Phi) is 5.47. The number of hydrogen-bond acceptors (Lipinski definition) is 2. The first-order chi connectivity index (χ1) is 12.2. The molecule has 1 aromatic carbocycles. The highest BCUT2D eigenvalue weighted by Gasteiger charge is 2.34. The number of nitrogens with one attached hydrogen (secondary N) is 1. The molecule has 2 aliphatic rings. The maximum atomic E-state index is 12.6. The summed E-state index contributed by atoms with van der Waals surface area (Å²) in [6.07, 6.45) is 3.20. The number of anilines is 1. The van der Waals surface area contributed by atoms with Crippen molar-refractivity contribution in [3.05, 3.63) is 29.3 Å². The van der Waals surface area contributed by atoms with E-state index in [-0.39, 0.29) is 29.9 Å². The molecule has 2 atom stereocenters. The molecular weight excluding hydrogens is 350 g/mol. The van der Waals surface area contributed by atoms with Crippen LogP contribution in [0.5, 0.6) is 0 Å². The molecule has 0 bridgehead atoms. The maximum Gasteiger partial charge on any atom is 0.325 e. The van der Waals surface area contributed by atoms with Crippen molar-refractivity contribution in [2.24, 2.45) is 11.3 Å². The molecule has 5 nitrogen and oxygen atoms in total. The first kappa shape index (κ1) is 19.0. The van der Waals surface area contributed by atoms with Crippen LogP contribution in [0.3, 0.4) is 0 Å². The summed E-state index contributed by atoms with van der Waals surface area (Å²) >= 11 is 5.91. The van der Waals surface area contributed by atoms with E-state index in [1.807, 2.05) is 12.1 Å². The molecular formula is C20H28ClN3O2. The Morgan fingerprint density at radius 2 is 1.92 bits per heavy atom. The highest BCUT2D eigenvalue weighted by atomic mass is 35.5. The van der Waals surface area contributed by atoms with Crippen LogP contribution in [0.4, 0.5) is 10.5 Å². The molecule has 6 heteroatoms. The Morgan fingerprint density at radius 3 is 2.58 bits per heavy atom. The summed E-state index contributed by atoms with van der Waals surface area (Å²) in [5.74, 6) is 0.545. The van der Waals surface area contributed by atoms with Crippen molar-refractivity contribution < 1.29 is 9.59 Å². The van der Waals surface area contributed by atoms with E-state index in [0.29, 0.717) is 24.0 Å². The predicted octanol–water partition coefficient (Wildman–Crippen LogP) is 3.91. The van der Waals surface area contributed by atoms with Gasteiger partial charge in [-0.2, -0.15) is 0 Å². The fourth-order valence-electron chi connectivity index (χ4n) is 4.49.